The lowest BCUT2D eigenvalue weighted by atomic mass is 10.2. The molecule has 3 aromatic carbocycles. The van der Waals surface area contributed by atoms with Crippen LogP contribution < -0.4 is 29.4 Å². The van der Waals surface area contributed by atoms with Gasteiger partial charge in [-0.2, -0.15) is 5.26 Å². The maximum atomic E-state index is 13.7. The zero-order valence-corrected chi connectivity index (χ0v) is 22.5. The summed E-state index contributed by atoms with van der Waals surface area (Å²) in [6.07, 6.45) is 3.09. The number of nitrogens with one attached hydrogen (secondary N) is 2. The van der Waals surface area contributed by atoms with Crippen molar-refractivity contribution in [2.75, 3.05) is 31.7 Å². The van der Waals surface area contributed by atoms with Crippen molar-refractivity contribution >= 4 is 33.6 Å². The molecule has 0 atom stereocenters. The summed E-state index contributed by atoms with van der Waals surface area (Å²) in [7, 11) is -1.30. The number of carbonyl (C=O) groups excluding carboxylic acids is 2. The van der Waals surface area contributed by atoms with Crippen LogP contribution in [0.2, 0.25) is 0 Å². The van der Waals surface area contributed by atoms with Crippen molar-refractivity contribution in [1.29, 1.82) is 5.26 Å². The van der Waals surface area contributed by atoms with Crippen LogP contribution in [0.15, 0.2) is 71.6 Å². The third kappa shape index (κ3) is 6.16. The van der Waals surface area contributed by atoms with Crippen molar-refractivity contribution in [3.8, 4) is 23.3 Å². The van der Waals surface area contributed by atoms with E-state index in [1.807, 2.05) is 18.2 Å². The zero-order chi connectivity index (χ0) is 28.7. The Morgan fingerprint density at radius 1 is 1.05 bits per heavy atom. The number of anilines is 1. The molecule has 206 valence electrons. The van der Waals surface area contributed by atoms with Crippen LogP contribution in [0.5, 0.6) is 17.2 Å². The SMILES string of the molecule is COc1cc(/C=C/C(=O)NNC(=O)COc2ccc(C#N)cc2)cc(S(=O)(=O)N2CCc3ccccc32)c1OC. The molecule has 1 aliphatic heterocycles. The van der Waals surface area contributed by atoms with Crippen LogP contribution in [0, 0.1) is 11.3 Å². The second kappa shape index (κ2) is 12.2. The number of hydrazine groups is 1. The maximum Gasteiger partial charge on any atom is 0.276 e. The molecule has 0 aromatic heterocycles. The number of methoxy groups -OCH3 is 2. The number of nitriles is 1. The molecule has 3 aromatic rings. The van der Waals surface area contributed by atoms with Gasteiger partial charge in [-0.15, -0.1) is 0 Å². The summed E-state index contributed by atoms with van der Waals surface area (Å²) in [5.41, 5.74) is 6.78. The molecule has 0 bridgehead atoms. The molecule has 0 aliphatic carbocycles. The van der Waals surface area contributed by atoms with Crippen molar-refractivity contribution in [3.05, 3.63) is 83.4 Å². The average molecular weight is 563 g/mol. The minimum absolute atomic E-state index is 0.0445. The highest BCUT2D eigenvalue weighted by Gasteiger charge is 2.34. The minimum atomic E-state index is -4.04. The molecule has 11 nitrogen and oxygen atoms in total. The van der Waals surface area contributed by atoms with Crippen LogP contribution in [0.1, 0.15) is 16.7 Å². The van der Waals surface area contributed by atoms with Crippen LogP contribution in [0.4, 0.5) is 5.69 Å². The van der Waals surface area contributed by atoms with Crippen LogP contribution in [-0.4, -0.2) is 47.6 Å². The second-order valence-corrected chi connectivity index (χ2v) is 10.3. The number of amides is 2. The quantitative estimate of drug-likeness (QED) is 0.299. The van der Waals surface area contributed by atoms with Gasteiger partial charge in [-0.3, -0.25) is 24.7 Å². The van der Waals surface area contributed by atoms with Crippen LogP contribution in [0.25, 0.3) is 6.08 Å². The largest absolute Gasteiger partial charge is 0.493 e. The summed E-state index contributed by atoms with van der Waals surface area (Å²) in [5, 5.41) is 8.82. The molecule has 2 N–H and O–H groups in total. The lowest BCUT2D eigenvalue weighted by Gasteiger charge is -2.22. The summed E-state index contributed by atoms with van der Waals surface area (Å²) in [4.78, 5) is 24.2. The molecule has 0 spiro atoms. The highest BCUT2D eigenvalue weighted by molar-refractivity contribution is 7.93. The van der Waals surface area contributed by atoms with E-state index in [0.717, 1.165) is 11.6 Å². The molecule has 0 saturated carbocycles. The number of hydrogen-bond acceptors (Lipinski definition) is 8. The molecular formula is C28H26N4O7S. The van der Waals surface area contributed by atoms with E-state index in [1.54, 1.807) is 36.4 Å². The standard InChI is InChI=1S/C28H26N4O7S/c1-37-24-15-20(9-12-26(33)30-31-27(34)18-39-22-10-7-19(17-29)8-11-22)16-25(28(24)38-2)40(35,36)32-14-13-21-5-3-4-6-23(21)32/h3-12,15-16H,13-14,18H2,1-2H3,(H,30,33)(H,31,34)/b12-9+. The van der Waals surface area contributed by atoms with E-state index in [0.29, 0.717) is 29.0 Å². The predicted molar refractivity (Wildman–Crippen MR) is 146 cm³/mol. The van der Waals surface area contributed by atoms with E-state index in [-0.39, 0.29) is 29.5 Å². The zero-order valence-electron chi connectivity index (χ0n) is 21.7. The minimum Gasteiger partial charge on any atom is -0.493 e. The fourth-order valence-electron chi connectivity index (χ4n) is 4.07. The summed E-state index contributed by atoms with van der Waals surface area (Å²) in [5.74, 6) is -0.680. The van der Waals surface area contributed by atoms with E-state index >= 15 is 0 Å². The molecule has 0 saturated heterocycles. The van der Waals surface area contributed by atoms with Gasteiger partial charge in [0.15, 0.2) is 18.1 Å². The predicted octanol–water partition coefficient (Wildman–Crippen LogP) is 2.57. The number of hydrogen-bond donors (Lipinski definition) is 2. The number of fused-ring (bicyclic) bond motifs is 1. The van der Waals surface area contributed by atoms with Gasteiger partial charge in [0.05, 0.1) is 31.5 Å². The number of nitrogens with zero attached hydrogens (tertiary/aromatic N) is 2. The van der Waals surface area contributed by atoms with Crippen molar-refractivity contribution < 1.29 is 32.2 Å². The number of rotatable bonds is 9. The van der Waals surface area contributed by atoms with Crippen molar-refractivity contribution in [2.45, 2.75) is 11.3 Å². The lowest BCUT2D eigenvalue weighted by Crippen LogP contribution is -2.43. The first-order valence-corrected chi connectivity index (χ1v) is 13.5. The molecule has 1 aliphatic rings. The summed E-state index contributed by atoms with van der Waals surface area (Å²) >= 11 is 0. The van der Waals surface area contributed by atoms with Crippen molar-refractivity contribution in [3.63, 3.8) is 0 Å². The van der Waals surface area contributed by atoms with Crippen LogP contribution in [-0.2, 0) is 26.0 Å². The van der Waals surface area contributed by atoms with Crippen molar-refractivity contribution in [1.82, 2.24) is 10.9 Å². The first-order valence-electron chi connectivity index (χ1n) is 12.0. The van der Waals surface area contributed by atoms with Crippen LogP contribution >= 0.6 is 0 Å². The highest BCUT2D eigenvalue weighted by atomic mass is 32.2. The van der Waals surface area contributed by atoms with Gasteiger partial charge in [-0.1, -0.05) is 18.2 Å². The molecule has 40 heavy (non-hydrogen) atoms. The molecule has 1 heterocycles. The fourth-order valence-corrected chi connectivity index (χ4v) is 5.78. The van der Waals surface area contributed by atoms with Gasteiger partial charge in [0.2, 0.25) is 0 Å². The monoisotopic (exact) mass is 562 g/mol. The Kier molecular flexibility index (Phi) is 8.56. The number of para-hydroxylation sites is 1. The van der Waals surface area contributed by atoms with Gasteiger partial charge in [-0.25, -0.2) is 8.42 Å². The van der Waals surface area contributed by atoms with Gasteiger partial charge in [0.1, 0.15) is 10.6 Å². The van der Waals surface area contributed by atoms with E-state index in [1.165, 1.54) is 36.7 Å². The van der Waals surface area contributed by atoms with E-state index in [4.69, 9.17) is 19.5 Å². The molecule has 0 unspecified atom stereocenters. The second-order valence-electron chi connectivity index (χ2n) is 8.51. The van der Waals surface area contributed by atoms with Crippen LogP contribution in [0.3, 0.4) is 0 Å². The number of benzene rings is 3. The third-order valence-electron chi connectivity index (χ3n) is 5.99. The number of sulfonamides is 1. The van der Waals surface area contributed by atoms with E-state index in [9.17, 15) is 18.0 Å². The van der Waals surface area contributed by atoms with Gasteiger partial charge in [0, 0.05) is 12.6 Å². The molecule has 12 heteroatoms. The Morgan fingerprint density at radius 2 is 1.80 bits per heavy atom. The number of ether oxygens (including phenoxy) is 3. The first-order chi connectivity index (χ1) is 19.3. The van der Waals surface area contributed by atoms with E-state index in [2.05, 4.69) is 10.9 Å². The Morgan fingerprint density at radius 3 is 2.50 bits per heavy atom. The molecule has 0 fully saturated rings. The van der Waals surface area contributed by atoms with Gasteiger partial charge in [-0.05, 0) is 66.1 Å². The highest BCUT2D eigenvalue weighted by Crippen LogP contribution is 2.40. The van der Waals surface area contributed by atoms with Gasteiger partial charge in [0.25, 0.3) is 21.8 Å². The third-order valence-corrected chi connectivity index (χ3v) is 7.80. The Balaban J connectivity index is 1.45. The molecule has 4 rings (SSSR count). The molecule has 2 amide bonds. The Bertz CT molecular complexity index is 1600. The molecule has 0 radical (unpaired) electrons. The summed E-state index contributed by atoms with van der Waals surface area (Å²) < 4.78 is 44.9. The topological polar surface area (TPSA) is 147 Å². The normalized spacial score (nSPS) is 12.4. The molecular weight excluding hydrogens is 536 g/mol. The first kappa shape index (κ1) is 28.0. The lowest BCUT2D eigenvalue weighted by molar-refractivity contribution is -0.128. The van der Waals surface area contributed by atoms with E-state index < -0.39 is 21.8 Å². The summed E-state index contributed by atoms with van der Waals surface area (Å²) in [6.45, 7) is -0.0867. The summed E-state index contributed by atoms with van der Waals surface area (Å²) in [6, 6.07) is 18.4. The maximum absolute atomic E-state index is 13.7. The Hall–Kier alpha value is -5.02. The smallest absolute Gasteiger partial charge is 0.276 e. The fraction of sp³-hybridized carbons (Fsp3) is 0.179. The van der Waals surface area contributed by atoms with Crippen molar-refractivity contribution in [2.24, 2.45) is 0 Å². The van der Waals surface area contributed by atoms with Gasteiger partial charge >= 0.3 is 0 Å². The average Bonchev–Trinajstić information content (AvgIpc) is 3.42. The van der Waals surface area contributed by atoms with Gasteiger partial charge < -0.3 is 14.2 Å². The number of carbonyl (C=O) groups is 2. The Labute approximate surface area is 231 Å².